The van der Waals surface area contributed by atoms with E-state index in [0.29, 0.717) is 16.7 Å². The largest absolute Gasteiger partial charge is 0.307 e. The minimum Gasteiger partial charge on any atom is -0.307 e. The standard InChI is InChI=1S/C16H22ClN3O/c1-5-13(17)15-18-14-9-7-6-8-12(14)16(21)20(15)11(2)10-19(3)4/h6-9,11,13H,5,10H2,1-4H3. The van der Waals surface area contributed by atoms with Crippen molar-refractivity contribution in [2.75, 3.05) is 20.6 Å². The van der Waals surface area contributed by atoms with E-state index in [1.54, 1.807) is 4.57 Å². The van der Waals surface area contributed by atoms with Crippen molar-refractivity contribution >= 4 is 22.5 Å². The zero-order valence-electron chi connectivity index (χ0n) is 13.0. The number of alkyl halides is 1. The van der Waals surface area contributed by atoms with Gasteiger partial charge in [0.2, 0.25) is 0 Å². The molecule has 1 heterocycles. The number of hydrogen-bond acceptors (Lipinski definition) is 3. The SMILES string of the molecule is CCC(Cl)c1nc2ccccc2c(=O)n1C(C)CN(C)C. The predicted octanol–water partition coefficient (Wildman–Crippen LogP) is 3.21. The molecule has 0 bridgehead atoms. The number of nitrogens with zero attached hydrogens (tertiary/aromatic N) is 3. The summed E-state index contributed by atoms with van der Waals surface area (Å²) in [5.41, 5.74) is 0.703. The molecule has 1 aromatic carbocycles. The van der Waals surface area contributed by atoms with E-state index in [-0.39, 0.29) is 17.0 Å². The molecule has 0 aliphatic rings. The van der Waals surface area contributed by atoms with Crippen LogP contribution in [-0.4, -0.2) is 35.1 Å². The summed E-state index contributed by atoms with van der Waals surface area (Å²) in [6.07, 6.45) is 0.737. The first-order valence-corrected chi connectivity index (χ1v) is 7.69. The Morgan fingerprint density at radius 2 is 2.00 bits per heavy atom. The first-order valence-electron chi connectivity index (χ1n) is 7.25. The number of likely N-dealkylation sites (N-methyl/N-ethyl adjacent to an activating group) is 1. The highest BCUT2D eigenvalue weighted by molar-refractivity contribution is 6.20. The number of para-hydroxylation sites is 1. The Balaban J connectivity index is 2.69. The zero-order chi connectivity index (χ0) is 15.6. The predicted molar refractivity (Wildman–Crippen MR) is 88.2 cm³/mol. The average molecular weight is 308 g/mol. The number of hydrogen-bond donors (Lipinski definition) is 0. The molecule has 0 saturated carbocycles. The van der Waals surface area contributed by atoms with E-state index in [4.69, 9.17) is 11.6 Å². The summed E-state index contributed by atoms with van der Waals surface area (Å²) in [5.74, 6) is 0.664. The minimum absolute atomic E-state index is 0.0101. The maximum absolute atomic E-state index is 12.8. The van der Waals surface area contributed by atoms with Crippen molar-refractivity contribution < 1.29 is 0 Å². The molecule has 0 fully saturated rings. The molecule has 4 nitrogen and oxygen atoms in total. The second-order valence-corrected chi connectivity index (χ2v) is 6.18. The third-order valence-electron chi connectivity index (χ3n) is 3.54. The summed E-state index contributed by atoms with van der Waals surface area (Å²) in [4.78, 5) is 19.5. The highest BCUT2D eigenvalue weighted by Crippen LogP contribution is 2.25. The second-order valence-electron chi connectivity index (χ2n) is 5.65. The molecular weight excluding hydrogens is 286 g/mol. The molecule has 2 atom stereocenters. The summed E-state index contributed by atoms with van der Waals surface area (Å²) in [5, 5.41) is 0.388. The van der Waals surface area contributed by atoms with Gasteiger partial charge in [-0.3, -0.25) is 9.36 Å². The van der Waals surface area contributed by atoms with Gasteiger partial charge in [0.25, 0.3) is 5.56 Å². The number of halogens is 1. The molecule has 2 rings (SSSR count). The first-order chi connectivity index (χ1) is 9.95. The molecule has 0 spiro atoms. The molecule has 0 radical (unpaired) electrons. The van der Waals surface area contributed by atoms with Crippen molar-refractivity contribution in [1.82, 2.24) is 14.5 Å². The van der Waals surface area contributed by atoms with E-state index in [1.165, 1.54) is 0 Å². The van der Waals surface area contributed by atoms with Crippen LogP contribution in [0.3, 0.4) is 0 Å². The van der Waals surface area contributed by atoms with Gasteiger partial charge in [-0.15, -0.1) is 11.6 Å². The van der Waals surface area contributed by atoms with Crippen molar-refractivity contribution in [2.24, 2.45) is 0 Å². The van der Waals surface area contributed by atoms with Crippen LogP contribution in [0.5, 0.6) is 0 Å². The van der Waals surface area contributed by atoms with Gasteiger partial charge < -0.3 is 4.90 Å². The highest BCUT2D eigenvalue weighted by atomic mass is 35.5. The number of benzene rings is 1. The van der Waals surface area contributed by atoms with Crippen LogP contribution in [0.1, 0.15) is 37.5 Å². The Kier molecular flexibility index (Phi) is 5.01. The fourth-order valence-electron chi connectivity index (χ4n) is 2.60. The quantitative estimate of drug-likeness (QED) is 0.796. The Morgan fingerprint density at radius 1 is 1.33 bits per heavy atom. The molecular formula is C16H22ClN3O. The van der Waals surface area contributed by atoms with Crippen LogP contribution in [0, 0.1) is 0 Å². The lowest BCUT2D eigenvalue weighted by atomic mass is 10.2. The Bertz CT molecular complexity index is 681. The van der Waals surface area contributed by atoms with Crippen LogP contribution in [0.25, 0.3) is 10.9 Å². The number of aromatic nitrogens is 2. The fraction of sp³-hybridized carbons (Fsp3) is 0.500. The lowest BCUT2D eigenvalue weighted by Gasteiger charge is -2.24. The molecule has 0 N–H and O–H groups in total. The van der Waals surface area contributed by atoms with Gasteiger partial charge >= 0.3 is 0 Å². The molecule has 1 aromatic heterocycles. The van der Waals surface area contributed by atoms with Gasteiger partial charge in [0.15, 0.2) is 0 Å². The summed E-state index contributed by atoms with van der Waals surface area (Å²) < 4.78 is 1.75. The van der Waals surface area contributed by atoms with E-state index in [0.717, 1.165) is 13.0 Å². The summed E-state index contributed by atoms with van der Waals surface area (Å²) >= 11 is 6.41. The lowest BCUT2D eigenvalue weighted by Crippen LogP contribution is -2.33. The van der Waals surface area contributed by atoms with E-state index in [9.17, 15) is 4.79 Å². The molecule has 0 saturated heterocycles. The van der Waals surface area contributed by atoms with Gasteiger partial charge in [-0.1, -0.05) is 19.1 Å². The van der Waals surface area contributed by atoms with Gasteiger partial charge in [-0.25, -0.2) is 4.98 Å². The van der Waals surface area contributed by atoms with Crippen LogP contribution >= 0.6 is 11.6 Å². The van der Waals surface area contributed by atoms with Gasteiger partial charge in [-0.2, -0.15) is 0 Å². The average Bonchev–Trinajstić information content (AvgIpc) is 2.45. The molecule has 2 unspecified atom stereocenters. The second kappa shape index (κ2) is 6.58. The van der Waals surface area contributed by atoms with Gasteiger partial charge in [-0.05, 0) is 39.6 Å². The van der Waals surface area contributed by atoms with Crippen LogP contribution in [0.4, 0.5) is 0 Å². The maximum atomic E-state index is 12.8. The first kappa shape index (κ1) is 16.0. The zero-order valence-corrected chi connectivity index (χ0v) is 13.8. The van der Waals surface area contributed by atoms with Crippen LogP contribution < -0.4 is 5.56 Å². The molecule has 2 aromatic rings. The van der Waals surface area contributed by atoms with Crippen LogP contribution in [0.2, 0.25) is 0 Å². The molecule has 5 heteroatoms. The monoisotopic (exact) mass is 307 g/mol. The number of rotatable bonds is 5. The molecule has 0 aliphatic carbocycles. The normalized spacial score (nSPS) is 14.6. The maximum Gasteiger partial charge on any atom is 0.261 e. The molecule has 21 heavy (non-hydrogen) atoms. The third-order valence-corrected chi connectivity index (χ3v) is 4.05. The Hall–Kier alpha value is -1.39. The molecule has 0 amide bonds. The van der Waals surface area contributed by atoms with Crippen LogP contribution in [-0.2, 0) is 0 Å². The highest BCUT2D eigenvalue weighted by Gasteiger charge is 2.20. The van der Waals surface area contributed by atoms with Crippen molar-refractivity contribution in [3.05, 3.63) is 40.4 Å². The third kappa shape index (κ3) is 3.27. The van der Waals surface area contributed by atoms with E-state index in [1.807, 2.05) is 52.2 Å². The van der Waals surface area contributed by atoms with Gasteiger partial charge in [0.05, 0.1) is 16.3 Å². The Morgan fingerprint density at radius 3 is 2.62 bits per heavy atom. The molecule has 0 aliphatic heterocycles. The summed E-state index contributed by atoms with van der Waals surface area (Å²) in [6, 6.07) is 7.46. The lowest BCUT2D eigenvalue weighted by molar-refractivity contribution is 0.326. The van der Waals surface area contributed by atoms with Crippen molar-refractivity contribution in [3.8, 4) is 0 Å². The van der Waals surface area contributed by atoms with Crippen molar-refractivity contribution in [1.29, 1.82) is 0 Å². The van der Waals surface area contributed by atoms with E-state index >= 15 is 0 Å². The summed E-state index contributed by atoms with van der Waals surface area (Å²) in [6.45, 7) is 4.79. The van der Waals surface area contributed by atoms with Crippen molar-refractivity contribution in [3.63, 3.8) is 0 Å². The van der Waals surface area contributed by atoms with Crippen LogP contribution in [0.15, 0.2) is 29.1 Å². The molecule has 114 valence electrons. The fourth-order valence-corrected chi connectivity index (χ4v) is 2.76. The van der Waals surface area contributed by atoms with Gasteiger partial charge in [0.1, 0.15) is 5.82 Å². The number of fused-ring (bicyclic) bond motifs is 1. The Labute approximate surface area is 130 Å². The minimum atomic E-state index is -0.257. The summed E-state index contributed by atoms with van der Waals surface area (Å²) in [7, 11) is 3.99. The van der Waals surface area contributed by atoms with Gasteiger partial charge in [0, 0.05) is 12.6 Å². The topological polar surface area (TPSA) is 38.1 Å². The van der Waals surface area contributed by atoms with Crippen molar-refractivity contribution in [2.45, 2.75) is 31.7 Å². The van der Waals surface area contributed by atoms with E-state index in [2.05, 4.69) is 9.88 Å². The van der Waals surface area contributed by atoms with E-state index < -0.39 is 0 Å². The smallest absolute Gasteiger partial charge is 0.261 e.